The molecular weight excluding hydrogens is 271 g/mol. The van der Waals surface area contributed by atoms with E-state index in [1.807, 2.05) is 0 Å². The maximum atomic E-state index is 13.4. The van der Waals surface area contributed by atoms with Gasteiger partial charge < -0.3 is 11.1 Å². The topological polar surface area (TPSA) is 72.2 Å². The minimum Gasteiger partial charge on any atom is -0.366 e. The summed E-state index contributed by atoms with van der Waals surface area (Å²) in [6.07, 6.45) is 2.55. The van der Waals surface area contributed by atoms with Crippen molar-refractivity contribution in [2.24, 2.45) is 5.73 Å². The van der Waals surface area contributed by atoms with E-state index in [1.54, 1.807) is 36.4 Å². The van der Waals surface area contributed by atoms with Crippen LogP contribution in [-0.4, -0.2) is 11.8 Å². The summed E-state index contributed by atoms with van der Waals surface area (Å²) in [5.41, 5.74) is 6.05. The number of hydrogen-bond acceptors (Lipinski definition) is 2. The summed E-state index contributed by atoms with van der Waals surface area (Å²) in [5.74, 6) is -1.53. The van der Waals surface area contributed by atoms with Crippen LogP contribution in [0.25, 0.3) is 6.08 Å². The van der Waals surface area contributed by atoms with Crippen molar-refractivity contribution in [1.29, 1.82) is 0 Å². The lowest BCUT2D eigenvalue weighted by molar-refractivity contribution is -0.111. The van der Waals surface area contributed by atoms with E-state index in [1.165, 1.54) is 24.3 Å². The quantitative estimate of drug-likeness (QED) is 0.847. The molecule has 0 unspecified atom stereocenters. The van der Waals surface area contributed by atoms with Gasteiger partial charge in [-0.25, -0.2) is 4.39 Å². The Balaban J connectivity index is 2.13. The number of benzene rings is 2. The van der Waals surface area contributed by atoms with Gasteiger partial charge in [0, 0.05) is 11.6 Å². The number of primary amides is 1. The largest absolute Gasteiger partial charge is 0.366 e. The molecule has 0 spiro atoms. The lowest BCUT2D eigenvalue weighted by atomic mass is 10.1. The molecule has 0 aromatic heterocycles. The Morgan fingerprint density at radius 1 is 1.05 bits per heavy atom. The van der Waals surface area contributed by atoms with E-state index in [0.29, 0.717) is 11.3 Å². The molecule has 0 atom stereocenters. The first-order valence-electron chi connectivity index (χ1n) is 6.20. The van der Waals surface area contributed by atoms with Crippen molar-refractivity contribution in [3.8, 4) is 0 Å². The van der Waals surface area contributed by atoms with Gasteiger partial charge in [-0.15, -0.1) is 0 Å². The van der Waals surface area contributed by atoms with Gasteiger partial charge in [0.25, 0.3) is 5.91 Å². The summed E-state index contributed by atoms with van der Waals surface area (Å²) < 4.78 is 13.4. The first kappa shape index (κ1) is 14.5. The van der Waals surface area contributed by atoms with Gasteiger partial charge in [-0.05, 0) is 24.3 Å². The Kier molecular flexibility index (Phi) is 4.46. The van der Waals surface area contributed by atoms with Gasteiger partial charge in [0.2, 0.25) is 5.91 Å². The third-order valence-electron chi connectivity index (χ3n) is 2.77. The first-order chi connectivity index (χ1) is 10.1. The Labute approximate surface area is 121 Å². The lowest BCUT2D eigenvalue weighted by Crippen LogP contribution is -2.16. The summed E-state index contributed by atoms with van der Waals surface area (Å²) in [6.45, 7) is 0. The second-order valence-corrected chi connectivity index (χ2v) is 4.25. The van der Waals surface area contributed by atoms with Crippen molar-refractivity contribution in [2.45, 2.75) is 0 Å². The van der Waals surface area contributed by atoms with Gasteiger partial charge in [-0.3, -0.25) is 9.59 Å². The molecule has 2 rings (SSSR count). The van der Waals surface area contributed by atoms with Crippen molar-refractivity contribution < 1.29 is 14.0 Å². The van der Waals surface area contributed by atoms with E-state index >= 15 is 0 Å². The minimum absolute atomic E-state index is 0.213. The summed E-state index contributed by atoms with van der Waals surface area (Å²) >= 11 is 0. The molecule has 106 valence electrons. The van der Waals surface area contributed by atoms with E-state index < -0.39 is 17.6 Å². The van der Waals surface area contributed by atoms with Crippen LogP contribution in [0.15, 0.2) is 54.6 Å². The fourth-order valence-corrected chi connectivity index (χ4v) is 1.76. The van der Waals surface area contributed by atoms with Crippen LogP contribution in [0, 0.1) is 5.82 Å². The van der Waals surface area contributed by atoms with E-state index in [0.717, 1.165) is 0 Å². The van der Waals surface area contributed by atoms with Crippen molar-refractivity contribution >= 4 is 23.6 Å². The average molecular weight is 284 g/mol. The summed E-state index contributed by atoms with van der Waals surface area (Å²) in [5, 5.41) is 2.53. The number of anilines is 1. The van der Waals surface area contributed by atoms with Gasteiger partial charge in [0.1, 0.15) is 5.82 Å². The molecule has 5 heteroatoms. The maximum Gasteiger partial charge on any atom is 0.250 e. The Morgan fingerprint density at radius 3 is 2.43 bits per heavy atom. The molecule has 3 N–H and O–H groups in total. The second-order valence-electron chi connectivity index (χ2n) is 4.25. The number of carbonyl (C=O) groups excluding carboxylic acids is 2. The van der Waals surface area contributed by atoms with Gasteiger partial charge in [-0.2, -0.15) is 0 Å². The van der Waals surface area contributed by atoms with Crippen LogP contribution in [0.3, 0.4) is 0 Å². The molecule has 0 aliphatic heterocycles. The number of para-hydroxylation sites is 1. The van der Waals surface area contributed by atoms with Crippen molar-refractivity contribution in [3.63, 3.8) is 0 Å². The van der Waals surface area contributed by atoms with Crippen molar-refractivity contribution in [2.75, 3.05) is 5.32 Å². The molecule has 0 fully saturated rings. The van der Waals surface area contributed by atoms with Gasteiger partial charge in [-0.1, -0.05) is 30.3 Å². The normalized spacial score (nSPS) is 10.5. The maximum absolute atomic E-state index is 13.4. The molecule has 0 heterocycles. The minimum atomic E-state index is -0.635. The zero-order chi connectivity index (χ0) is 15.2. The smallest absolute Gasteiger partial charge is 0.250 e. The van der Waals surface area contributed by atoms with Gasteiger partial charge in [0.05, 0.1) is 11.3 Å². The number of rotatable bonds is 4. The van der Waals surface area contributed by atoms with E-state index in [4.69, 9.17) is 5.73 Å². The molecule has 0 saturated heterocycles. The average Bonchev–Trinajstić information content (AvgIpc) is 2.47. The van der Waals surface area contributed by atoms with E-state index in [-0.39, 0.29) is 5.56 Å². The molecule has 0 bridgehead atoms. The Bertz CT molecular complexity index is 711. The summed E-state index contributed by atoms with van der Waals surface area (Å²) in [6, 6.07) is 12.5. The Morgan fingerprint density at radius 2 is 1.71 bits per heavy atom. The predicted octanol–water partition coefficient (Wildman–Crippen LogP) is 2.58. The highest BCUT2D eigenvalue weighted by Gasteiger charge is 2.08. The molecule has 0 saturated carbocycles. The number of nitrogens with two attached hydrogens (primary N) is 1. The summed E-state index contributed by atoms with van der Waals surface area (Å²) in [4.78, 5) is 23.0. The molecule has 4 nitrogen and oxygen atoms in total. The molecule has 0 aliphatic carbocycles. The molecule has 2 aromatic rings. The fourth-order valence-electron chi connectivity index (χ4n) is 1.76. The predicted molar refractivity (Wildman–Crippen MR) is 79.0 cm³/mol. The number of hydrogen-bond donors (Lipinski definition) is 2. The molecular formula is C16H13FN2O2. The van der Waals surface area contributed by atoms with E-state index in [9.17, 15) is 14.0 Å². The SMILES string of the molecule is NC(=O)c1ccccc1NC(=O)C=Cc1ccccc1F. The highest BCUT2D eigenvalue weighted by molar-refractivity contribution is 6.07. The van der Waals surface area contributed by atoms with Crippen LogP contribution < -0.4 is 11.1 Å². The van der Waals surface area contributed by atoms with Gasteiger partial charge >= 0.3 is 0 Å². The standard InChI is InChI=1S/C16H13FN2O2/c17-13-7-3-1-5-11(13)9-10-15(20)19-14-8-4-2-6-12(14)16(18)21/h1-10H,(H2,18,21)(H,19,20). The Hall–Kier alpha value is -2.95. The number of halogens is 1. The van der Waals surface area contributed by atoms with Crippen LogP contribution in [0.1, 0.15) is 15.9 Å². The zero-order valence-electron chi connectivity index (χ0n) is 11.0. The fraction of sp³-hybridized carbons (Fsp3) is 0. The second kappa shape index (κ2) is 6.47. The third kappa shape index (κ3) is 3.76. The number of nitrogens with one attached hydrogen (secondary N) is 1. The van der Waals surface area contributed by atoms with Crippen molar-refractivity contribution in [3.05, 3.63) is 71.6 Å². The van der Waals surface area contributed by atoms with E-state index in [2.05, 4.69) is 5.32 Å². The van der Waals surface area contributed by atoms with Gasteiger partial charge in [0.15, 0.2) is 0 Å². The van der Waals surface area contributed by atoms with Crippen LogP contribution >= 0.6 is 0 Å². The monoisotopic (exact) mass is 284 g/mol. The lowest BCUT2D eigenvalue weighted by Gasteiger charge is -2.06. The van der Waals surface area contributed by atoms with Crippen LogP contribution in [0.4, 0.5) is 10.1 Å². The zero-order valence-corrected chi connectivity index (χ0v) is 11.0. The first-order valence-corrected chi connectivity index (χ1v) is 6.20. The highest BCUT2D eigenvalue weighted by Crippen LogP contribution is 2.14. The van der Waals surface area contributed by atoms with Crippen molar-refractivity contribution in [1.82, 2.24) is 0 Å². The summed E-state index contributed by atoms with van der Waals surface area (Å²) in [7, 11) is 0. The molecule has 21 heavy (non-hydrogen) atoms. The molecule has 2 aromatic carbocycles. The third-order valence-corrected chi connectivity index (χ3v) is 2.77. The molecule has 0 radical (unpaired) electrons. The number of amides is 2. The van der Waals surface area contributed by atoms with Crippen LogP contribution in [0.5, 0.6) is 0 Å². The van der Waals surface area contributed by atoms with Crippen LogP contribution in [0.2, 0.25) is 0 Å². The number of carbonyl (C=O) groups is 2. The van der Waals surface area contributed by atoms with Crippen LogP contribution in [-0.2, 0) is 4.79 Å². The molecule has 2 amide bonds. The molecule has 0 aliphatic rings. The highest BCUT2D eigenvalue weighted by atomic mass is 19.1.